The molecule has 2 rings (SSSR count). The Labute approximate surface area is 178 Å². The summed E-state index contributed by atoms with van der Waals surface area (Å²) in [6.45, 7) is 17.1. The van der Waals surface area contributed by atoms with Gasteiger partial charge in [-0.3, -0.25) is 4.79 Å². The number of fused-ring (bicyclic) bond motifs is 1. The molecule has 4 nitrogen and oxygen atoms in total. The van der Waals surface area contributed by atoms with Crippen LogP contribution in [0.25, 0.3) is 10.9 Å². The Balaban J connectivity index is 2.82. The second-order valence-electron chi connectivity index (χ2n) is 9.41. The third-order valence-electron chi connectivity index (χ3n) is 6.40. The van der Waals surface area contributed by atoms with E-state index in [0.29, 0.717) is 28.8 Å². The Bertz CT molecular complexity index is 815. The lowest BCUT2D eigenvalue weighted by Gasteiger charge is -2.44. The molecule has 0 atom stereocenters. The van der Waals surface area contributed by atoms with E-state index in [1.54, 1.807) is 0 Å². The maximum absolute atomic E-state index is 12.1. The minimum atomic E-state index is -1.91. The maximum atomic E-state index is 12.1. The minimum absolute atomic E-state index is 0.177. The molecule has 0 radical (unpaired) electrons. The molecule has 0 aliphatic rings. The fraction of sp³-hybridized carbons (Fsp3) is 0.625. The van der Waals surface area contributed by atoms with Crippen molar-refractivity contribution in [3.05, 3.63) is 30.0 Å². The summed E-state index contributed by atoms with van der Waals surface area (Å²) < 4.78 is 8.42. The summed E-state index contributed by atoms with van der Waals surface area (Å²) in [5.74, 6) is 0.532. The largest absolute Gasteiger partial charge is 0.426 e. The zero-order valence-corrected chi connectivity index (χ0v) is 20.9. The Hall–Kier alpha value is -1.59. The van der Waals surface area contributed by atoms with E-state index in [-0.39, 0.29) is 5.97 Å². The highest BCUT2D eigenvalue weighted by molar-refractivity contribution is 6.82. The van der Waals surface area contributed by atoms with Gasteiger partial charge in [0.15, 0.2) is 8.24 Å². The number of carbonyl (C=O) groups excluding carboxylic acids is 1. The van der Waals surface area contributed by atoms with Crippen molar-refractivity contribution in [2.24, 2.45) is 0 Å². The molecule has 0 unspecified atom stereocenters. The number of ether oxygens (including phenoxy) is 1. The van der Waals surface area contributed by atoms with Gasteiger partial charge in [0, 0.05) is 23.9 Å². The summed E-state index contributed by atoms with van der Waals surface area (Å²) in [5, 5.41) is 1.12. The number of hydrogen-bond donors (Lipinski definition) is 0. The topological polar surface area (TPSA) is 34.5 Å². The predicted molar refractivity (Wildman–Crippen MR) is 127 cm³/mol. The van der Waals surface area contributed by atoms with E-state index in [1.165, 1.54) is 11.1 Å². The average Bonchev–Trinajstić information content (AvgIpc) is 2.99. The second kappa shape index (κ2) is 9.48. The van der Waals surface area contributed by atoms with E-state index in [2.05, 4.69) is 77.0 Å². The van der Waals surface area contributed by atoms with Crippen LogP contribution in [0.1, 0.15) is 60.5 Å². The van der Waals surface area contributed by atoms with Crippen LogP contribution in [-0.4, -0.2) is 44.0 Å². The van der Waals surface area contributed by atoms with Gasteiger partial charge in [-0.05, 0) is 61.0 Å². The van der Waals surface area contributed by atoms with Gasteiger partial charge in [-0.25, -0.2) is 0 Å². The highest BCUT2D eigenvalue weighted by atomic mass is 28.3. The van der Waals surface area contributed by atoms with Crippen LogP contribution in [-0.2, 0) is 11.2 Å². The highest BCUT2D eigenvalue weighted by Crippen LogP contribution is 2.46. The van der Waals surface area contributed by atoms with Crippen molar-refractivity contribution in [3.8, 4) is 5.75 Å². The first-order valence-corrected chi connectivity index (χ1v) is 13.2. The number of hydrogen-bond acceptors (Lipinski definition) is 3. The molecule has 1 heterocycles. The van der Waals surface area contributed by atoms with Crippen molar-refractivity contribution in [2.75, 3.05) is 20.6 Å². The Morgan fingerprint density at radius 1 is 1.07 bits per heavy atom. The molecule has 0 N–H and O–H groups in total. The fourth-order valence-electron chi connectivity index (χ4n) is 5.30. The van der Waals surface area contributed by atoms with Gasteiger partial charge in [0.2, 0.25) is 0 Å². The van der Waals surface area contributed by atoms with E-state index < -0.39 is 8.24 Å². The summed E-state index contributed by atoms with van der Waals surface area (Å²) in [5.41, 5.74) is 4.31. The van der Waals surface area contributed by atoms with Crippen molar-refractivity contribution in [3.63, 3.8) is 0 Å². The molecular formula is C24H40N2O2Si. The van der Waals surface area contributed by atoms with Crippen molar-refractivity contribution in [1.82, 2.24) is 9.13 Å². The molecule has 29 heavy (non-hydrogen) atoms. The summed E-state index contributed by atoms with van der Waals surface area (Å²) in [6, 6.07) is 6.20. The van der Waals surface area contributed by atoms with Gasteiger partial charge in [-0.1, -0.05) is 54.5 Å². The molecule has 0 spiro atoms. The van der Waals surface area contributed by atoms with Gasteiger partial charge in [0.1, 0.15) is 5.75 Å². The lowest BCUT2D eigenvalue weighted by Crippen LogP contribution is -2.51. The Morgan fingerprint density at radius 2 is 1.66 bits per heavy atom. The average molecular weight is 417 g/mol. The van der Waals surface area contributed by atoms with Crippen molar-refractivity contribution < 1.29 is 9.53 Å². The number of carbonyl (C=O) groups is 1. The monoisotopic (exact) mass is 416 g/mol. The summed E-state index contributed by atoms with van der Waals surface area (Å²) in [7, 11) is 2.30. The van der Waals surface area contributed by atoms with Crippen LogP contribution >= 0.6 is 0 Å². The third-order valence-corrected chi connectivity index (χ3v) is 13.2. The van der Waals surface area contributed by atoms with Gasteiger partial charge >= 0.3 is 5.97 Å². The summed E-state index contributed by atoms with van der Waals surface area (Å²) in [4.78, 5) is 14.3. The lowest BCUT2D eigenvalue weighted by atomic mass is 10.1. The molecule has 0 saturated carbocycles. The molecule has 0 aliphatic carbocycles. The number of rotatable bonds is 9. The first-order valence-electron chi connectivity index (χ1n) is 11.1. The first kappa shape index (κ1) is 23.7. The molecule has 0 fully saturated rings. The fourth-order valence-corrected chi connectivity index (χ4v) is 12.0. The molecule has 0 bridgehead atoms. The van der Waals surface area contributed by atoms with Crippen LogP contribution in [0.3, 0.4) is 0 Å². The highest BCUT2D eigenvalue weighted by Gasteiger charge is 2.46. The quantitative estimate of drug-likeness (QED) is 0.282. The van der Waals surface area contributed by atoms with Gasteiger partial charge in [0.05, 0.1) is 0 Å². The van der Waals surface area contributed by atoms with Gasteiger partial charge in [-0.15, -0.1) is 0 Å². The molecule has 0 aliphatic heterocycles. The van der Waals surface area contributed by atoms with Crippen LogP contribution in [0, 0.1) is 0 Å². The van der Waals surface area contributed by atoms with Crippen LogP contribution < -0.4 is 4.74 Å². The number of nitrogens with zero attached hydrogens (tertiary/aromatic N) is 2. The molecule has 2 aromatic rings. The van der Waals surface area contributed by atoms with E-state index in [9.17, 15) is 4.79 Å². The number of benzene rings is 1. The summed E-state index contributed by atoms with van der Waals surface area (Å²) >= 11 is 0. The van der Waals surface area contributed by atoms with Gasteiger partial charge in [-0.2, -0.15) is 0 Å². The third kappa shape index (κ3) is 4.46. The van der Waals surface area contributed by atoms with E-state index >= 15 is 0 Å². The zero-order valence-electron chi connectivity index (χ0n) is 19.9. The van der Waals surface area contributed by atoms with Crippen LogP contribution in [0.5, 0.6) is 5.75 Å². The predicted octanol–water partition coefficient (Wildman–Crippen LogP) is 6.08. The molecule has 1 aromatic carbocycles. The molecular weight excluding hydrogens is 376 g/mol. The standard InChI is InChI=1S/C24H40N2O2Si/c1-10-23(27)28-22-13-11-12-21-24(22)20(14-15-25(8)9)16-26(21)29(17(2)3,18(4)5)19(6)7/h11-13,16-19H,10,14-15H2,1-9H3. The summed E-state index contributed by atoms with van der Waals surface area (Å²) in [6.07, 6.45) is 3.71. The van der Waals surface area contributed by atoms with Crippen LogP contribution in [0.4, 0.5) is 0 Å². The van der Waals surface area contributed by atoms with Crippen LogP contribution in [0.2, 0.25) is 16.6 Å². The normalized spacial score (nSPS) is 12.7. The van der Waals surface area contributed by atoms with Crippen molar-refractivity contribution in [1.29, 1.82) is 0 Å². The molecule has 162 valence electrons. The number of likely N-dealkylation sites (N-methyl/N-ethyl adjacent to an activating group) is 1. The first-order chi connectivity index (χ1) is 13.6. The lowest BCUT2D eigenvalue weighted by molar-refractivity contribution is -0.133. The second-order valence-corrected chi connectivity index (χ2v) is 15.1. The van der Waals surface area contributed by atoms with E-state index in [1.807, 2.05) is 19.1 Å². The van der Waals surface area contributed by atoms with Gasteiger partial charge < -0.3 is 13.9 Å². The smallest absolute Gasteiger partial charge is 0.310 e. The van der Waals surface area contributed by atoms with Crippen molar-refractivity contribution >= 4 is 25.1 Å². The van der Waals surface area contributed by atoms with E-state index in [4.69, 9.17) is 4.74 Å². The molecule has 5 heteroatoms. The number of esters is 1. The van der Waals surface area contributed by atoms with Crippen molar-refractivity contribution in [2.45, 2.75) is 77.9 Å². The van der Waals surface area contributed by atoms with E-state index in [0.717, 1.165) is 18.4 Å². The molecule has 0 amide bonds. The maximum Gasteiger partial charge on any atom is 0.310 e. The Morgan fingerprint density at radius 3 is 2.14 bits per heavy atom. The van der Waals surface area contributed by atoms with Crippen LogP contribution in [0.15, 0.2) is 24.4 Å². The number of aromatic nitrogens is 1. The molecule has 1 aromatic heterocycles. The van der Waals surface area contributed by atoms with Gasteiger partial charge in [0.25, 0.3) is 0 Å². The Kier molecular flexibility index (Phi) is 7.74. The molecule has 0 saturated heterocycles. The minimum Gasteiger partial charge on any atom is -0.426 e. The zero-order chi connectivity index (χ0) is 21.9. The SMILES string of the molecule is CCC(=O)Oc1cccc2c1c(CCN(C)C)cn2[Si](C(C)C)(C(C)C)C(C)C.